The van der Waals surface area contributed by atoms with Crippen molar-refractivity contribution in [2.75, 3.05) is 5.75 Å². The highest BCUT2D eigenvalue weighted by molar-refractivity contribution is 8.01. The van der Waals surface area contributed by atoms with E-state index in [4.69, 9.17) is 12.2 Å². The Kier molecular flexibility index (Phi) is 4.78. The summed E-state index contributed by atoms with van der Waals surface area (Å²) in [6, 6.07) is 9.78. The first kappa shape index (κ1) is 15.4. The van der Waals surface area contributed by atoms with Gasteiger partial charge in [0.1, 0.15) is 5.78 Å². The van der Waals surface area contributed by atoms with Gasteiger partial charge < -0.3 is 0 Å². The molecule has 3 nitrogen and oxygen atoms in total. The van der Waals surface area contributed by atoms with Crippen LogP contribution in [0.3, 0.4) is 0 Å². The van der Waals surface area contributed by atoms with Crippen molar-refractivity contribution < 1.29 is 4.79 Å². The average molecular weight is 324 g/mol. The summed E-state index contributed by atoms with van der Waals surface area (Å²) in [5, 5.41) is 4.48. The Labute approximate surface area is 132 Å². The van der Waals surface area contributed by atoms with E-state index >= 15 is 0 Å². The lowest BCUT2D eigenvalue weighted by Gasteiger charge is -2.15. The zero-order valence-electron chi connectivity index (χ0n) is 11.6. The lowest BCUT2D eigenvalue weighted by Crippen LogP contribution is -2.21. The summed E-state index contributed by atoms with van der Waals surface area (Å²) >= 11 is 8.22. The average Bonchev–Trinajstić information content (AvgIpc) is 2.77. The standard InChI is InChI=1S/C14H16N2OS3/c1-14(2,3)11(17)9-19-12-15-16(13(18)20-12)10-7-5-4-6-8-10/h4-8H,9H2,1-3H3. The number of para-hydroxylation sites is 1. The van der Waals surface area contributed by atoms with Gasteiger partial charge in [-0.3, -0.25) is 4.79 Å². The Morgan fingerprint density at radius 1 is 1.35 bits per heavy atom. The van der Waals surface area contributed by atoms with Crippen molar-refractivity contribution in [1.29, 1.82) is 0 Å². The number of thioether (sulfide) groups is 1. The second-order valence-corrected chi connectivity index (χ2v) is 8.19. The quantitative estimate of drug-likeness (QED) is 0.618. The number of hydrogen-bond donors (Lipinski definition) is 0. The molecule has 0 radical (unpaired) electrons. The van der Waals surface area contributed by atoms with Gasteiger partial charge in [-0.25, -0.2) is 4.68 Å². The Morgan fingerprint density at radius 3 is 2.60 bits per heavy atom. The van der Waals surface area contributed by atoms with Crippen molar-refractivity contribution in [3.05, 3.63) is 34.3 Å². The Bertz CT molecular complexity index is 653. The van der Waals surface area contributed by atoms with Gasteiger partial charge in [-0.2, -0.15) is 0 Å². The summed E-state index contributed by atoms with van der Waals surface area (Å²) in [6.07, 6.45) is 0. The number of carbonyl (C=O) groups excluding carboxylic acids is 1. The molecule has 6 heteroatoms. The van der Waals surface area contributed by atoms with Gasteiger partial charge in [-0.05, 0) is 24.4 Å². The second kappa shape index (κ2) is 6.20. The highest BCUT2D eigenvalue weighted by atomic mass is 32.2. The second-order valence-electron chi connectivity index (χ2n) is 5.34. The molecule has 0 spiro atoms. The van der Waals surface area contributed by atoms with Gasteiger partial charge in [0.2, 0.25) is 0 Å². The molecule has 20 heavy (non-hydrogen) atoms. The minimum Gasteiger partial charge on any atom is -0.298 e. The van der Waals surface area contributed by atoms with Gasteiger partial charge in [0, 0.05) is 5.41 Å². The summed E-state index contributed by atoms with van der Waals surface area (Å²) < 4.78 is 3.27. The minimum absolute atomic E-state index is 0.217. The molecule has 106 valence electrons. The van der Waals surface area contributed by atoms with E-state index in [0.29, 0.717) is 9.71 Å². The number of aromatic nitrogens is 2. The van der Waals surface area contributed by atoms with Crippen LogP contribution in [0.5, 0.6) is 0 Å². The number of rotatable bonds is 4. The fourth-order valence-corrected chi connectivity index (χ4v) is 3.92. The summed E-state index contributed by atoms with van der Waals surface area (Å²) in [6.45, 7) is 5.79. The topological polar surface area (TPSA) is 34.9 Å². The lowest BCUT2D eigenvalue weighted by atomic mass is 9.92. The van der Waals surface area contributed by atoms with Crippen LogP contribution in [0.2, 0.25) is 0 Å². The molecule has 1 heterocycles. The molecular weight excluding hydrogens is 308 g/mol. The number of hydrogen-bond acceptors (Lipinski definition) is 5. The number of carbonyl (C=O) groups is 1. The summed E-state index contributed by atoms with van der Waals surface area (Å²) in [7, 11) is 0. The van der Waals surface area contributed by atoms with Crippen LogP contribution in [0.25, 0.3) is 5.69 Å². The van der Waals surface area contributed by atoms with E-state index in [1.165, 1.54) is 23.1 Å². The Hall–Kier alpha value is -0.980. The van der Waals surface area contributed by atoms with Gasteiger partial charge in [-0.1, -0.05) is 62.1 Å². The molecule has 0 N–H and O–H groups in total. The number of ketones is 1. The van der Waals surface area contributed by atoms with Crippen molar-refractivity contribution in [3.63, 3.8) is 0 Å². The number of nitrogens with zero attached hydrogens (tertiary/aromatic N) is 2. The first-order chi connectivity index (χ1) is 9.38. The van der Waals surface area contributed by atoms with E-state index < -0.39 is 0 Å². The molecule has 0 amide bonds. The lowest BCUT2D eigenvalue weighted by molar-refractivity contribution is -0.123. The van der Waals surface area contributed by atoms with Crippen LogP contribution < -0.4 is 0 Å². The molecule has 0 aliphatic heterocycles. The van der Waals surface area contributed by atoms with Gasteiger partial charge in [-0.15, -0.1) is 5.10 Å². The van der Waals surface area contributed by atoms with Crippen molar-refractivity contribution >= 4 is 41.1 Å². The van der Waals surface area contributed by atoms with Gasteiger partial charge in [0.25, 0.3) is 0 Å². The van der Waals surface area contributed by atoms with E-state index in [1.807, 2.05) is 51.1 Å². The molecule has 0 unspecified atom stereocenters. The zero-order valence-corrected chi connectivity index (χ0v) is 14.1. The fraction of sp³-hybridized carbons (Fsp3) is 0.357. The van der Waals surface area contributed by atoms with Crippen molar-refractivity contribution in [2.24, 2.45) is 5.41 Å². The maximum Gasteiger partial charge on any atom is 0.184 e. The smallest absolute Gasteiger partial charge is 0.184 e. The minimum atomic E-state index is -0.309. The molecule has 0 atom stereocenters. The van der Waals surface area contributed by atoms with Crippen LogP contribution in [-0.4, -0.2) is 21.3 Å². The first-order valence-corrected chi connectivity index (χ1v) is 8.40. The van der Waals surface area contributed by atoms with Crippen molar-refractivity contribution in [3.8, 4) is 5.69 Å². The van der Waals surface area contributed by atoms with Crippen LogP contribution in [0, 0.1) is 9.37 Å². The number of benzene rings is 1. The van der Waals surface area contributed by atoms with E-state index in [1.54, 1.807) is 4.68 Å². The van der Waals surface area contributed by atoms with E-state index in [0.717, 1.165) is 10.0 Å². The van der Waals surface area contributed by atoms with E-state index in [2.05, 4.69) is 5.10 Å². The van der Waals surface area contributed by atoms with Gasteiger partial charge in [0.15, 0.2) is 8.29 Å². The molecule has 0 aliphatic rings. The third kappa shape index (κ3) is 3.77. The highest BCUT2D eigenvalue weighted by Gasteiger charge is 2.21. The highest BCUT2D eigenvalue weighted by Crippen LogP contribution is 2.26. The summed E-state index contributed by atoms with van der Waals surface area (Å²) in [5.41, 5.74) is 0.638. The molecule has 0 bridgehead atoms. The van der Waals surface area contributed by atoms with Crippen LogP contribution in [0.4, 0.5) is 0 Å². The van der Waals surface area contributed by atoms with Crippen molar-refractivity contribution in [2.45, 2.75) is 25.1 Å². The normalized spacial score (nSPS) is 11.6. The van der Waals surface area contributed by atoms with Crippen LogP contribution in [0.1, 0.15) is 20.8 Å². The summed E-state index contributed by atoms with van der Waals surface area (Å²) in [5.74, 6) is 0.649. The number of Topliss-reactive ketones (excluding diaryl/α,β-unsaturated/α-hetero) is 1. The third-order valence-electron chi connectivity index (χ3n) is 2.69. The van der Waals surface area contributed by atoms with Gasteiger partial charge >= 0.3 is 0 Å². The summed E-state index contributed by atoms with van der Waals surface area (Å²) in [4.78, 5) is 11.9. The molecule has 0 fully saturated rings. The fourth-order valence-electron chi connectivity index (χ4n) is 1.40. The van der Waals surface area contributed by atoms with Gasteiger partial charge in [0.05, 0.1) is 11.4 Å². The molecule has 1 aromatic heterocycles. The predicted octanol–water partition coefficient (Wildman–Crippen LogP) is 4.37. The maximum atomic E-state index is 11.9. The largest absolute Gasteiger partial charge is 0.298 e. The Balaban J connectivity index is 2.13. The monoisotopic (exact) mass is 324 g/mol. The zero-order chi connectivity index (χ0) is 14.8. The van der Waals surface area contributed by atoms with E-state index in [9.17, 15) is 4.79 Å². The Morgan fingerprint density at radius 2 is 2.00 bits per heavy atom. The first-order valence-electron chi connectivity index (χ1n) is 6.19. The molecule has 2 aromatic rings. The molecular formula is C14H16N2OS3. The van der Waals surface area contributed by atoms with E-state index in [-0.39, 0.29) is 11.2 Å². The SMILES string of the molecule is CC(C)(C)C(=O)CSc1nn(-c2ccccc2)c(=S)s1. The molecule has 0 saturated heterocycles. The maximum absolute atomic E-state index is 11.9. The van der Waals surface area contributed by atoms with Crippen LogP contribution >= 0.6 is 35.3 Å². The predicted molar refractivity (Wildman–Crippen MR) is 87.5 cm³/mol. The van der Waals surface area contributed by atoms with Crippen molar-refractivity contribution in [1.82, 2.24) is 9.78 Å². The molecule has 2 rings (SSSR count). The molecule has 0 aliphatic carbocycles. The third-order valence-corrected chi connectivity index (χ3v) is 5.06. The molecule has 1 aromatic carbocycles. The van der Waals surface area contributed by atoms with Crippen LogP contribution in [-0.2, 0) is 4.79 Å². The van der Waals surface area contributed by atoms with Crippen LogP contribution in [0.15, 0.2) is 34.7 Å². The molecule has 0 saturated carbocycles.